The minimum atomic E-state index is -0.372. The first-order chi connectivity index (χ1) is 40.2. The van der Waals surface area contributed by atoms with Crippen molar-refractivity contribution < 1.29 is 28.8 Å². The fourth-order valence-electron chi connectivity index (χ4n) is 12.3. The molecule has 0 saturated heterocycles. The van der Waals surface area contributed by atoms with Crippen LogP contribution in [-0.2, 0) is 0 Å². The van der Waals surface area contributed by atoms with E-state index in [-0.39, 0.29) is 35.4 Å². The van der Waals surface area contributed by atoms with Crippen molar-refractivity contribution in [3.63, 3.8) is 0 Å². The third-order valence-electron chi connectivity index (χ3n) is 16.1. The van der Waals surface area contributed by atoms with E-state index in [0.717, 1.165) is 66.6 Å². The smallest absolute Gasteiger partial charge is 0.265 e. The summed E-state index contributed by atoms with van der Waals surface area (Å²) in [4.78, 5) is 90.2. The van der Waals surface area contributed by atoms with Crippen LogP contribution in [0.1, 0.15) is 62.1 Å². The molecule has 3 heterocycles. The third kappa shape index (κ3) is 7.28. The van der Waals surface area contributed by atoms with Crippen LogP contribution in [0, 0.1) is 0 Å². The van der Waals surface area contributed by atoms with Crippen LogP contribution in [0.3, 0.4) is 0 Å². The monoisotopic (exact) mass is 1060 g/mol. The van der Waals surface area contributed by atoms with Crippen molar-refractivity contribution in [2.75, 3.05) is 19.6 Å². The predicted octanol–water partition coefficient (Wildman–Crippen LogP) is 16.0. The summed E-state index contributed by atoms with van der Waals surface area (Å²) in [6.07, 6.45) is 0. The molecule has 3 aliphatic rings. The number of benzene rings is 12. The zero-order valence-electron chi connectivity index (χ0n) is 43.5. The first-order valence-corrected chi connectivity index (χ1v) is 26.8. The molecule has 0 unspecified atom stereocenters. The Morgan fingerprint density at radius 2 is 0.439 bits per heavy atom. The van der Waals surface area contributed by atoms with E-state index in [2.05, 4.69) is 41.3 Å². The van der Waals surface area contributed by atoms with Crippen molar-refractivity contribution in [2.45, 2.75) is 0 Å². The van der Waals surface area contributed by atoms with E-state index in [1.807, 2.05) is 164 Å². The van der Waals surface area contributed by atoms with Gasteiger partial charge in [0.05, 0.1) is 17.1 Å². The van der Waals surface area contributed by atoms with Crippen molar-refractivity contribution in [1.82, 2.24) is 0 Å². The summed E-state index contributed by atoms with van der Waals surface area (Å²) in [7, 11) is 0. The topological polar surface area (TPSA) is 115 Å². The fraction of sp³-hybridized carbons (Fsp3) is 0. The summed E-state index contributed by atoms with van der Waals surface area (Å²) in [5, 5.41) is 4.25. The molecule has 82 heavy (non-hydrogen) atoms. The summed E-state index contributed by atoms with van der Waals surface area (Å²) >= 11 is 0. The van der Waals surface area contributed by atoms with Gasteiger partial charge in [0.2, 0.25) is 0 Å². The number of carbonyl (C=O) groups is 6. The van der Waals surface area contributed by atoms with Gasteiger partial charge in [0.25, 0.3) is 35.4 Å². The lowest BCUT2D eigenvalue weighted by Gasteiger charge is -2.28. The van der Waals surface area contributed by atoms with Crippen LogP contribution in [0.4, 0.5) is 34.1 Å². The van der Waals surface area contributed by atoms with Gasteiger partial charge in [-0.05, 0) is 159 Å². The second kappa shape index (κ2) is 18.6. The van der Waals surface area contributed by atoms with Gasteiger partial charge < -0.3 is 4.90 Å². The number of hydrogen-bond donors (Lipinski definition) is 0. The lowest BCUT2D eigenvalue weighted by Crippen LogP contribution is -2.40. The molecule has 15 rings (SSSR count). The number of imide groups is 3. The number of para-hydroxylation sites is 3. The van der Waals surface area contributed by atoms with E-state index >= 15 is 0 Å². The zero-order valence-corrected chi connectivity index (χ0v) is 43.5. The molecule has 0 N–H and O–H groups in total. The van der Waals surface area contributed by atoms with E-state index in [1.165, 1.54) is 14.7 Å². The maximum Gasteiger partial charge on any atom is 0.265 e. The molecule has 0 aliphatic carbocycles. The molecule has 0 spiro atoms. The minimum absolute atomic E-state index is 0.372. The first kappa shape index (κ1) is 47.8. The Hall–Kier alpha value is -11.4. The molecule has 0 radical (unpaired) electrons. The molecule has 12 aromatic rings. The lowest BCUT2D eigenvalue weighted by atomic mass is 9.88. The van der Waals surface area contributed by atoms with Crippen LogP contribution < -0.4 is 19.6 Å². The van der Waals surface area contributed by atoms with Gasteiger partial charge in [-0.25, -0.2) is 14.7 Å². The van der Waals surface area contributed by atoms with Gasteiger partial charge >= 0.3 is 0 Å². The maximum atomic E-state index is 14.1. The highest BCUT2D eigenvalue weighted by Gasteiger charge is 2.37. The average molecular weight is 1060 g/mol. The number of nitrogens with zero attached hydrogens (tertiary/aromatic N) is 4. The van der Waals surface area contributed by atoms with Gasteiger partial charge in [0.15, 0.2) is 0 Å². The van der Waals surface area contributed by atoms with Crippen molar-refractivity contribution in [3.8, 4) is 33.4 Å². The second-order valence-electron chi connectivity index (χ2n) is 20.5. The molecule has 0 aromatic heterocycles. The molecule has 0 bridgehead atoms. The van der Waals surface area contributed by atoms with E-state index in [9.17, 15) is 28.8 Å². The molecule has 12 aromatic carbocycles. The van der Waals surface area contributed by atoms with Gasteiger partial charge in [-0.2, -0.15) is 0 Å². The van der Waals surface area contributed by atoms with Crippen molar-refractivity contribution >= 4 is 102 Å². The van der Waals surface area contributed by atoms with Gasteiger partial charge in [0.1, 0.15) is 0 Å². The Balaban J connectivity index is 0.811. The second-order valence-corrected chi connectivity index (χ2v) is 20.5. The number of hydrogen-bond acceptors (Lipinski definition) is 7. The Morgan fingerprint density at radius 3 is 0.695 bits per heavy atom. The van der Waals surface area contributed by atoms with Gasteiger partial charge in [-0.3, -0.25) is 28.8 Å². The normalized spacial score (nSPS) is 13.7. The summed E-state index contributed by atoms with van der Waals surface area (Å²) in [6.45, 7) is 0. The highest BCUT2D eigenvalue weighted by molar-refractivity contribution is 6.39. The molecule has 3 aliphatic heterocycles. The summed E-state index contributed by atoms with van der Waals surface area (Å²) < 4.78 is 0. The van der Waals surface area contributed by atoms with Crippen molar-refractivity contribution in [2.24, 2.45) is 0 Å². The maximum absolute atomic E-state index is 14.1. The lowest BCUT2D eigenvalue weighted by molar-refractivity contribution is 0.0877. The van der Waals surface area contributed by atoms with Crippen molar-refractivity contribution in [1.29, 1.82) is 0 Å². The highest BCUT2D eigenvalue weighted by atomic mass is 16.2. The average Bonchev–Trinajstić information content (AvgIpc) is 2.17. The number of amides is 6. The quantitative estimate of drug-likeness (QED) is 0.132. The largest absolute Gasteiger partial charge is 0.311 e. The number of carbonyl (C=O) groups excluding carboxylic acids is 6. The molecular weight excluding hydrogens is 1020 g/mol. The molecule has 6 amide bonds. The number of rotatable bonds is 9. The SMILES string of the molecule is O=C1c2cccc3c(-c4ccc(N(c5ccc(-c6ccc7c8c(cccc68)C(=O)N(c6ccccc6)C7=O)cc5)c5ccc(-c6ccc7c8c(cccc68)C(=O)N(c6ccccc6)C7=O)cc5)cc4)ccc(c23)C(=O)N1c1ccccc1. The number of anilines is 6. The van der Waals surface area contributed by atoms with Gasteiger partial charge in [0, 0.05) is 66.6 Å². The fourth-order valence-corrected chi connectivity index (χ4v) is 12.3. The Bertz CT molecular complexity index is 4190. The van der Waals surface area contributed by atoms with Crippen LogP contribution in [0.2, 0.25) is 0 Å². The molecule has 10 heteroatoms. The van der Waals surface area contributed by atoms with Crippen LogP contribution in [0.25, 0.3) is 65.7 Å². The minimum Gasteiger partial charge on any atom is -0.311 e. The van der Waals surface area contributed by atoms with Crippen LogP contribution in [-0.4, -0.2) is 35.4 Å². The molecule has 386 valence electrons. The predicted molar refractivity (Wildman–Crippen MR) is 323 cm³/mol. The zero-order chi connectivity index (χ0) is 55.3. The Morgan fingerprint density at radius 1 is 0.207 bits per heavy atom. The first-order valence-electron chi connectivity index (χ1n) is 26.8. The standard InChI is InChI=1S/C72H42N4O6/c77-67-58-22-10-19-55-52(37-40-61(64(55)58)70(80)74(67)46-13-4-1-5-14-46)43-25-31-49(32-26-43)73(50-33-27-44(28-34-50)53-38-41-62-65-56(53)20-11-23-59(65)68(78)75(71(62)81)47-15-6-2-7-16-47)51-35-29-45(30-36-51)54-39-42-63-66-57(54)21-12-24-60(66)69(79)76(72(63)82)48-17-8-3-9-18-48/h1-42H. The van der Waals surface area contributed by atoms with E-state index in [0.29, 0.717) is 66.6 Å². The molecule has 0 atom stereocenters. The molecule has 10 nitrogen and oxygen atoms in total. The van der Waals surface area contributed by atoms with Crippen LogP contribution >= 0.6 is 0 Å². The van der Waals surface area contributed by atoms with Crippen molar-refractivity contribution in [3.05, 3.63) is 288 Å². The summed E-state index contributed by atoms with van der Waals surface area (Å²) in [5.41, 5.74) is 12.1. The van der Waals surface area contributed by atoms with Gasteiger partial charge in [-0.15, -0.1) is 0 Å². The third-order valence-corrected chi connectivity index (χ3v) is 16.1. The van der Waals surface area contributed by atoms with E-state index < -0.39 is 0 Å². The Labute approximate surface area is 469 Å². The van der Waals surface area contributed by atoms with Crippen LogP contribution in [0.15, 0.2) is 255 Å². The van der Waals surface area contributed by atoms with E-state index in [1.54, 1.807) is 54.6 Å². The Kier molecular flexibility index (Phi) is 10.9. The summed E-state index contributed by atoms with van der Waals surface area (Å²) in [5.74, 6) is -2.23. The summed E-state index contributed by atoms with van der Waals surface area (Å²) in [6, 6.07) is 79.6. The van der Waals surface area contributed by atoms with E-state index in [4.69, 9.17) is 0 Å². The molecule has 0 fully saturated rings. The van der Waals surface area contributed by atoms with Crippen LogP contribution in [0.5, 0.6) is 0 Å². The van der Waals surface area contributed by atoms with Gasteiger partial charge in [-0.1, -0.05) is 146 Å². The molecular formula is C72H42N4O6. The molecule has 0 saturated carbocycles. The highest BCUT2D eigenvalue weighted by Crippen LogP contribution is 2.44.